The van der Waals surface area contributed by atoms with E-state index in [0.717, 1.165) is 6.42 Å². The third kappa shape index (κ3) is 3.24. The molecule has 1 nitrogen and oxygen atoms in total. The molecule has 0 fully saturated rings. The third-order valence-electron chi connectivity index (χ3n) is 3.87. The summed E-state index contributed by atoms with van der Waals surface area (Å²) < 4.78 is 0. The lowest BCUT2D eigenvalue weighted by molar-refractivity contribution is 0.104. The van der Waals surface area contributed by atoms with Crippen molar-refractivity contribution in [2.75, 3.05) is 0 Å². The number of benzene rings is 2. The van der Waals surface area contributed by atoms with Crippen molar-refractivity contribution in [2.24, 2.45) is 5.92 Å². The molecule has 0 radical (unpaired) electrons. The van der Waals surface area contributed by atoms with Gasteiger partial charge in [-0.2, -0.15) is 0 Å². The van der Waals surface area contributed by atoms with Gasteiger partial charge in [0.1, 0.15) is 0 Å². The van der Waals surface area contributed by atoms with Crippen LogP contribution < -0.4 is 0 Å². The molecule has 19 heavy (non-hydrogen) atoms. The summed E-state index contributed by atoms with van der Waals surface area (Å²) in [5, 5.41) is 10.2. The Morgan fingerprint density at radius 3 is 1.63 bits per heavy atom. The average molecular weight is 254 g/mol. The average Bonchev–Trinajstić information content (AvgIpc) is 2.49. The summed E-state index contributed by atoms with van der Waals surface area (Å²) in [7, 11) is 0. The summed E-state index contributed by atoms with van der Waals surface area (Å²) >= 11 is 0. The molecule has 100 valence electrons. The number of hydrogen-bond donors (Lipinski definition) is 1. The van der Waals surface area contributed by atoms with Crippen molar-refractivity contribution in [3.63, 3.8) is 0 Å². The first-order valence-electron chi connectivity index (χ1n) is 7.02. The van der Waals surface area contributed by atoms with Gasteiger partial charge in [0.25, 0.3) is 0 Å². The molecular formula is C18H22O. The largest absolute Gasteiger partial charge is 0.393 e. The van der Waals surface area contributed by atoms with Crippen LogP contribution >= 0.6 is 0 Å². The molecule has 0 spiro atoms. The summed E-state index contributed by atoms with van der Waals surface area (Å²) in [6, 6.07) is 20.9. The van der Waals surface area contributed by atoms with E-state index in [2.05, 4.69) is 55.5 Å². The highest BCUT2D eigenvalue weighted by atomic mass is 16.3. The molecule has 0 saturated heterocycles. The van der Waals surface area contributed by atoms with Crippen molar-refractivity contribution in [3.8, 4) is 0 Å². The van der Waals surface area contributed by atoms with E-state index in [1.165, 1.54) is 11.1 Å². The zero-order chi connectivity index (χ0) is 13.7. The van der Waals surface area contributed by atoms with E-state index in [4.69, 9.17) is 0 Å². The summed E-state index contributed by atoms with van der Waals surface area (Å²) in [5.41, 5.74) is 2.54. The summed E-state index contributed by atoms with van der Waals surface area (Å²) in [4.78, 5) is 0. The fraction of sp³-hybridized carbons (Fsp3) is 0.333. The molecule has 2 unspecified atom stereocenters. The normalized spacial score (nSPS) is 14.3. The van der Waals surface area contributed by atoms with Gasteiger partial charge in [-0.1, -0.05) is 74.5 Å². The number of rotatable bonds is 5. The third-order valence-corrected chi connectivity index (χ3v) is 3.87. The van der Waals surface area contributed by atoms with Crippen molar-refractivity contribution in [2.45, 2.75) is 32.3 Å². The monoisotopic (exact) mass is 254 g/mol. The maximum absolute atomic E-state index is 10.2. The summed E-state index contributed by atoms with van der Waals surface area (Å²) in [6.07, 6.45) is 0.516. The summed E-state index contributed by atoms with van der Waals surface area (Å²) in [5.74, 6) is 0.451. The molecule has 2 atom stereocenters. The van der Waals surface area contributed by atoms with E-state index in [0.29, 0.717) is 0 Å². The van der Waals surface area contributed by atoms with Crippen molar-refractivity contribution >= 4 is 0 Å². The maximum atomic E-state index is 10.2. The Morgan fingerprint density at radius 1 is 0.842 bits per heavy atom. The Balaban J connectivity index is 2.40. The fourth-order valence-electron chi connectivity index (χ4n) is 2.71. The Bertz CT molecular complexity index is 438. The van der Waals surface area contributed by atoms with E-state index < -0.39 is 0 Å². The van der Waals surface area contributed by atoms with Crippen LogP contribution in [0.5, 0.6) is 0 Å². The van der Waals surface area contributed by atoms with Crippen molar-refractivity contribution in [1.29, 1.82) is 0 Å². The van der Waals surface area contributed by atoms with E-state index in [-0.39, 0.29) is 17.9 Å². The van der Waals surface area contributed by atoms with Gasteiger partial charge in [0, 0.05) is 5.92 Å². The lowest BCUT2D eigenvalue weighted by atomic mass is 9.78. The Labute approximate surface area is 115 Å². The van der Waals surface area contributed by atoms with Gasteiger partial charge in [-0.05, 0) is 23.5 Å². The van der Waals surface area contributed by atoms with Gasteiger partial charge < -0.3 is 5.11 Å². The van der Waals surface area contributed by atoms with Gasteiger partial charge in [0.2, 0.25) is 0 Å². The zero-order valence-corrected chi connectivity index (χ0v) is 11.7. The molecule has 0 aliphatic carbocycles. The van der Waals surface area contributed by atoms with Crippen LogP contribution in [-0.2, 0) is 0 Å². The molecular weight excluding hydrogens is 232 g/mol. The highest BCUT2D eigenvalue weighted by Crippen LogP contribution is 2.34. The first-order valence-corrected chi connectivity index (χ1v) is 7.02. The van der Waals surface area contributed by atoms with Crippen LogP contribution in [0.15, 0.2) is 60.7 Å². The van der Waals surface area contributed by atoms with Crippen molar-refractivity contribution in [1.82, 2.24) is 0 Å². The minimum atomic E-state index is -0.273. The quantitative estimate of drug-likeness (QED) is 0.846. The first kappa shape index (κ1) is 13.8. The van der Waals surface area contributed by atoms with E-state index in [1.807, 2.05) is 19.1 Å². The van der Waals surface area contributed by atoms with Crippen molar-refractivity contribution < 1.29 is 5.11 Å². The molecule has 2 aromatic rings. The molecule has 2 aromatic carbocycles. The van der Waals surface area contributed by atoms with E-state index in [1.54, 1.807) is 0 Å². The highest BCUT2D eigenvalue weighted by molar-refractivity contribution is 5.33. The van der Waals surface area contributed by atoms with Crippen LogP contribution in [0, 0.1) is 5.92 Å². The topological polar surface area (TPSA) is 20.2 Å². The van der Waals surface area contributed by atoms with Gasteiger partial charge in [0.15, 0.2) is 0 Å². The van der Waals surface area contributed by atoms with Gasteiger partial charge >= 0.3 is 0 Å². The van der Waals surface area contributed by atoms with E-state index >= 15 is 0 Å². The lowest BCUT2D eigenvalue weighted by Gasteiger charge is -2.28. The molecule has 0 bridgehead atoms. The minimum absolute atomic E-state index is 0.204. The van der Waals surface area contributed by atoms with Crippen LogP contribution in [0.1, 0.15) is 37.3 Å². The van der Waals surface area contributed by atoms with Crippen LogP contribution in [0.4, 0.5) is 0 Å². The van der Waals surface area contributed by atoms with Gasteiger partial charge in [-0.25, -0.2) is 0 Å². The first-order chi connectivity index (χ1) is 9.24. The molecule has 1 heteroatoms. The minimum Gasteiger partial charge on any atom is -0.393 e. The van der Waals surface area contributed by atoms with Crippen LogP contribution in [0.3, 0.4) is 0 Å². The number of aliphatic hydroxyl groups is 1. The van der Waals surface area contributed by atoms with Gasteiger partial charge in [-0.3, -0.25) is 0 Å². The number of aliphatic hydroxyl groups excluding tert-OH is 1. The molecule has 0 amide bonds. The highest BCUT2D eigenvalue weighted by Gasteiger charge is 2.25. The Morgan fingerprint density at radius 2 is 1.26 bits per heavy atom. The van der Waals surface area contributed by atoms with E-state index in [9.17, 15) is 5.11 Å². The SMILES string of the molecule is CCC(O)C(C)C(c1ccccc1)c1ccccc1. The smallest absolute Gasteiger partial charge is 0.0572 e. The second kappa shape index (κ2) is 6.53. The van der Waals surface area contributed by atoms with Crippen LogP contribution in [0.25, 0.3) is 0 Å². The summed E-state index contributed by atoms with van der Waals surface area (Å²) in [6.45, 7) is 4.17. The molecule has 0 saturated carbocycles. The maximum Gasteiger partial charge on any atom is 0.0572 e. The Hall–Kier alpha value is -1.60. The van der Waals surface area contributed by atoms with Gasteiger partial charge in [0.05, 0.1) is 6.10 Å². The predicted octanol–water partition coefficient (Wildman–Crippen LogP) is 4.23. The Kier molecular flexibility index (Phi) is 4.75. The van der Waals surface area contributed by atoms with Crippen molar-refractivity contribution in [3.05, 3.63) is 71.8 Å². The molecule has 2 rings (SSSR count). The number of hydrogen-bond acceptors (Lipinski definition) is 1. The molecule has 0 heterocycles. The van der Waals surface area contributed by atoms with Crippen LogP contribution in [-0.4, -0.2) is 11.2 Å². The van der Waals surface area contributed by atoms with Crippen LogP contribution in [0.2, 0.25) is 0 Å². The molecule has 1 N–H and O–H groups in total. The second-order valence-electron chi connectivity index (χ2n) is 5.13. The fourth-order valence-corrected chi connectivity index (χ4v) is 2.71. The molecule has 0 aliphatic heterocycles. The van der Waals surface area contributed by atoms with Gasteiger partial charge in [-0.15, -0.1) is 0 Å². The predicted molar refractivity (Wildman–Crippen MR) is 80.2 cm³/mol. The molecule has 0 aliphatic rings. The molecule has 0 aromatic heterocycles. The second-order valence-corrected chi connectivity index (χ2v) is 5.13. The zero-order valence-electron chi connectivity index (χ0n) is 11.7. The lowest BCUT2D eigenvalue weighted by Crippen LogP contribution is -2.24. The standard InChI is InChI=1S/C18H22O/c1-3-17(19)14(2)18(15-10-6-4-7-11-15)16-12-8-5-9-13-16/h4-14,17-19H,3H2,1-2H3.